The highest BCUT2D eigenvalue weighted by molar-refractivity contribution is 9.10. The van der Waals surface area contributed by atoms with Crippen molar-refractivity contribution in [3.8, 4) is 16.9 Å². The van der Waals surface area contributed by atoms with Gasteiger partial charge < -0.3 is 19.9 Å². The zero-order chi connectivity index (χ0) is 23.4. The minimum atomic E-state index is -0.733. The van der Waals surface area contributed by atoms with Crippen molar-refractivity contribution < 1.29 is 18.3 Å². The van der Waals surface area contributed by atoms with Crippen LogP contribution in [0.5, 0.6) is 5.75 Å². The van der Waals surface area contributed by atoms with Gasteiger partial charge in [0.15, 0.2) is 0 Å². The van der Waals surface area contributed by atoms with Gasteiger partial charge in [0.25, 0.3) is 5.56 Å². The van der Waals surface area contributed by atoms with E-state index in [0.29, 0.717) is 17.8 Å². The van der Waals surface area contributed by atoms with Crippen LogP contribution in [0.1, 0.15) is 16.8 Å². The molecule has 0 unspecified atom stereocenters. The molecule has 0 atom stereocenters. The van der Waals surface area contributed by atoms with Gasteiger partial charge in [0, 0.05) is 43.5 Å². The van der Waals surface area contributed by atoms with Crippen molar-refractivity contribution in [1.29, 1.82) is 0 Å². The quantitative estimate of drug-likeness (QED) is 0.507. The first kappa shape index (κ1) is 23.5. The largest absolute Gasteiger partial charge is 0.487 e. The van der Waals surface area contributed by atoms with Crippen LogP contribution in [-0.2, 0) is 13.2 Å². The number of pyridine rings is 1. The second-order valence-corrected chi connectivity index (χ2v) is 8.17. The first-order valence-electron chi connectivity index (χ1n) is 9.71. The first-order chi connectivity index (χ1) is 15.2. The number of amides is 2. The molecule has 6 nitrogen and oxygen atoms in total. The SMILES string of the molecule is Cc1[nH]c(=O)c(Br)c(OCc2ccc(F)cc2F)c1-c1cccc(CNC(=O)N(C)C)c1. The Morgan fingerprint density at radius 2 is 1.94 bits per heavy atom. The van der Waals surface area contributed by atoms with Crippen LogP contribution in [0.3, 0.4) is 0 Å². The van der Waals surface area contributed by atoms with Gasteiger partial charge in [-0.1, -0.05) is 18.2 Å². The van der Waals surface area contributed by atoms with Crippen molar-refractivity contribution in [2.75, 3.05) is 14.1 Å². The monoisotopic (exact) mass is 505 g/mol. The summed E-state index contributed by atoms with van der Waals surface area (Å²) < 4.78 is 33.3. The van der Waals surface area contributed by atoms with E-state index in [1.807, 2.05) is 24.3 Å². The normalized spacial score (nSPS) is 10.7. The number of aromatic amines is 1. The van der Waals surface area contributed by atoms with E-state index in [0.717, 1.165) is 23.3 Å². The fourth-order valence-corrected chi connectivity index (χ4v) is 3.53. The summed E-state index contributed by atoms with van der Waals surface area (Å²) in [6, 6.07) is 10.4. The summed E-state index contributed by atoms with van der Waals surface area (Å²) in [5.74, 6) is -1.18. The maximum absolute atomic E-state index is 14.1. The van der Waals surface area contributed by atoms with E-state index in [1.54, 1.807) is 21.0 Å². The molecule has 32 heavy (non-hydrogen) atoms. The van der Waals surface area contributed by atoms with E-state index < -0.39 is 17.2 Å². The predicted octanol–water partition coefficient (Wildman–Crippen LogP) is 4.74. The average molecular weight is 506 g/mol. The molecule has 0 spiro atoms. The molecule has 0 aliphatic rings. The molecular formula is C23H22BrF2N3O3. The molecule has 0 saturated carbocycles. The van der Waals surface area contributed by atoms with Crippen LogP contribution in [-0.4, -0.2) is 30.0 Å². The molecule has 0 radical (unpaired) electrons. The first-order valence-corrected chi connectivity index (χ1v) is 10.5. The number of urea groups is 1. The molecular weight excluding hydrogens is 484 g/mol. The molecule has 0 fully saturated rings. The fraction of sp³-hybridized carbons (Fsp3) is 0.217. The van der Waals surface area contributed by atoms with Crippen LogP contribution in [0, 0.1) is 18.6 Å². The zero-order valence-electron chi connectivity index (χ0n) is 17.8. The molecule has 168 valence electrons. The van der Waals surface area contributed by atoms with Gasteiger partial charge in [-0.15, -0.1) is 0 Å². The van der Waals surface area contributed by atoms with Crippen molar-refractivity contribution >= 4 is 22.0 Å². The molecule has 3 rings (SSSR count). The topological polar surface area (TPSA) is 74.4 Å². The van der Waals surface area contributed by atoms with E-state index in [4.69, 9.17) is 4.74 Å². The molecule has 1 aromatic heterocycles. The Morgan fingerprint density at radius 1 is 1.19 bits per heavy atom. The van der Waals surface area contributed by atoms with E-state index >= 15 is 0 Å². The highest BCUT2D eigenvalue weighted by atomic mass is 79.9. The van der Waals surface area contributed by atoms with Crippen LogP contribution in [0.25, 0.3) is 11.1 Å². The van der Waals surface area contributed by atoms with Crippen molar-refractivity contribution in [2.45, 2.75) is 20.1 Å². The van der Waals surface area contributed by atoms with Crippen molar-refractivity contribution in [3.63, 3.8) is 0 Å². The number of nitrogens with one attached hydrogen (secondary N) is 2. The number of aromatic nitrogens is 1. The Kier molecular flexibility index (Phi) is 7.29. The molecule has 2 aromatic carbocycles. The number of hydrogen-bond donors (Lipinski definition) is 2. The number of nitrogens with zero attached hydrogens (tertiary/aromatic N) is 1. The average Bonchev–Trinajstić information content (AvgIpc) is 2.74. The van der Waals surface area contributed by atoms with Crippen LogP contribution in [0.15, 0.2) is 51.7 Å². The molecule has 2 amide bonds. The number of ether oxygens (including phenoxy) is 1. The minimum Gasteiger partial charge on any atom is -0.487 e. The summed E-state index contributed by atoms with van der Waals surface area (Å²) in [5, 5.41) is 2.80. The summed E-state index contributed by atoms with van der Waals surface area (Å²) in [6.45, 7) is 1.85. The third-order valence-electron chi connectivity index (χ3n) is 4.75. The maximum atomic E-state index is 14.1. The van der Waals surface area contributed by atoms with E-state index in [-0.39, 0.29) is 28.4 Å². The Bertz CT molecular complexity index is 1210. The predicted molar refractivity (Wildman–Crippen MR) is 122 cm³/mol. The summed E-state index contributed by atoms with van der Waals surface area (Å²) in [5.41, 5.74) is 2.51. The summed E-state index contributed by atoms with van der Waals surface area (Å²) in [4.78, 5) is 28.3. The van der Waals surface area contributed by atoms with Gasteiger partial charge in [-0.2, -0.15) is 0 Å². The van der Waals surface area contributed by atoms with Crippen molar-refractivity contribution in [1.82, 2.24) is 15.2 Å². The lowest BCUT2D eigenvalue weighted by molar-refractivity contribution is 0.217. The van der Waals surface area contributed by atoms with Crippen LogP contribution in [0.2, 0.25) is 0 Å². The Hall–Kier alpha value is -3.20. The molecule has 2 N–H and O–H groups in total. The summed E-state index contributed by atoms with van der Waals surface area (Å²) >= 11 is 3.27. The molecule has 1 heterocycles. The van der Waals surface area contributed by atoms with Crippen LogP contribution < -0.4 is 15.6 Å². The van der Waals surface area contributed by atoms with E-state index in [2.05, 4.69) is 26.2 Å². The number of benzene rings is 2. The number of hydrogen-bond acceptors (Lipinski definition) is 3. The molecule has 0 bridgehead atoms. The van der Waals surface area contributed by atoms with Crippen molar-refractivity contribution in [2.24, 2.45) is 0 Å². The second kappa shape index (κ2) is 9.95. The van der Waals surface area contributed by atoms with Gasteiger partial charge in [0.2, 0.25) is 0 Å². The lowest BCUT2D eigenvalue weighted by atomic mass is 10.0. The number of halogens is 3. The molecule has 0 saturated heterocycles. The highest BCUT2D eigenvalue weighted by Gasteiger charge is 2.18. The van der Waals surface area contributed by atoms with E-state index in [9.17, 15) is 18.4 Å². The van der Waals surface area contributed by atoms with E-state index in [1.165, 1.54) is 11.0 Å². The van der Waals surface area contributed by atoms with Gasteiger partial charge in [-0.3, -0.25) is 4.79 Å². The smallest absolute Gasteiger partial charge is 0.317 e. The maximum Gasteiger partial charge on any atom is 0.317 e. The van der Waals surface area contributed by atoms with Gasteiger partial charge in [0.05, 0.1) is 0 Å². The molecule has 3 aromatic rings. The van der Waals surface area contributed by atoms with Gasteiger partial charge in [-0.25, -0.2) is 13.6 Å². The Balaban J connectivity index is 1.96. The highest BCUT2D eigenvalue weighted by Crippen LogP contribution is 2.37. The number of rotatable bonds is 6. The lowest BCUT2D eigenvalue weighted by Crippen LogP contribution is -2.33. The number of H-pyrrole nitrogens is 1. The standard InChI is InChI=1S/C23H22BrF2N3O3/c1-13-19(15-6-4-5-14(9-15)11-27-23(31)29(2)3)21(20(24)22(30)28-13)32-12-16-7-8-17(25)10-18(16)26/h4-10H,11-12H2,1-3H3,(H,27,31)(H,28,30). The third-order valence-corrected chi connectivity index (χ3v) is 5.47. The summed E-state index contributed by atoms with van der Waals surface area (Å²) in [6.07, 6.45) is 0. The molecule has 9 heteroatoms. The molecule has 0 aliphatic carbocycles. The van der Waals surface area contributed by atoms with Crippen molar-refractivity contribution in [3.05, 3.63) is 85.7 Å². The number of carbonyl (C=O) groups is 1. The number of aryl methyl sites for hydroxylation is 1. The van der Waals surface area contributed by atoms with Gasteiger partial charge in [-0.05, 0) is 52.2 Å². The van der Waals surface area contributed by atoms with Crippen LogP contribution in [0.4, 0.5) is 13.6 Å². The van der Waals surface area contributed by atoms with Gasteiger partial charge >= 0.3 is 6.03 Å². The minimum absolute atomic E-state index is 0.155. The Labute approximate surface area is 192 Å². The van der Waals surface area contributed by atoms with Crippen LogP contribution >= 0.6 is 15.9 Å². The Morgan fingerprint density at radius 3 is 2.62 bits per heavy atom. The van der Waals surface area contributed by atoms with Gasteiger partial charge in [0.1, 0.15) is 28.5 Å². The second-order valence-electron chi connectivity index (χ2n) is 7.38. The third kappa shape index (κ3) is 5.34. The summed E-state index contributed by atoms with van der Waals surface area (Å²) in [7, 11) is 3.31. The zero-order valence-corrected chi connectivity index (χ0v) is 19.3. The fourth-order valence-electron chi connectivity index (χ4n) is 3.12. The lowest BCUT2D eigenvalue weighted by Gasteiger charge is -2.17. The number of carbonyl (C=O) groups excluding carboxylic acids is 1. The molecule has 0 aliphatic heterocycles.